The van der Waals surface area contributed by atoms with Gasteiger partial charge in [0.25, 0.3) is 0 Å². The molecule has 2 rings (SSSR count). The predicted molar refractivity (Wildman–Crippen MR) is 40.5 cm³/mol. The minimum absolute atomic E-state index is 0.0617. The molecule has 0 radical (unpaired) electrons. The fraction of sp³-hybridized carbons (Fsp3) is 1.00. The summed E-state index contributed by atoms with van der Waals surface area (Å²) >= 11 is 0. The van der Waals surface area contributed by atoms with E-state index in [1.165, 1.54) is 0 Å². The Morgan fingerprint density at radius 2 is 1.83 bits per heavy atom. The first-order valence-electron chi connectivity index (χ1n) is 4.31. The van der Waals surface area contributed by atoms with Gasteiger partial charge >= 0.3 is 0 Å². The van der Waals surface area contributed by atoms with Gasteiger partial charge in [-0.25, -0.2) is 0 Å². The van der Waals surface area contributed by atoms with E-state index in [-0.39, 0.29) is 18.1 Å². The number of rotatable bonds is 0. The molecular weight excluding hydrogens is 160 g/mol. The molecule has 1 saturated carbocycles. The van der Waals surface area contributed by atoms with Gasteiger partial charge in [0.1, 0.15) is 6.10 Å². The summed E-state index contributed by atoms with van der Waals surface area (Å²) in [6.45, 7) is 1.73. The molecule has 0 spiro atoms. The summed E-state index contributed by atoms with van der Waals surface area (Å²) in [5, 5.41) is 28.2. The lowest BCUT2D eigenvalue weighted by Crippen LogP contribution is -2.63. The van der Waals surface area contributed by atoms with Gasteiger partial charge in [-0.1, -0.05) is 0 Å². The van der Waals surface area contributed by atoms with Gasteiger partial charge in [-0.15, -0.1) is 0 Å². The molecule has 1 aliphatic heterocycles. The van der Waals surface area contributed by atoms with Crippen LogP contribution < -0.4 is 0 Å². The van der Waals surface area contributed by atoms with E-state index in [9.17, 15) is 15.3 Å². The lowest BCUT2D eigenvalue weighted by Gasteiger charge is -2.51. The van der Waals surface area contributed by atoms with E-state index in [0.717, 1.165) is 0 Å². The number of aliphatic hydroxyl groups excluding tert-OH is 3. The normalized spacial score (nSPS) is 59.0. The Morgan fingerprint density at radius 1 is 1.17 bits per heavy atom. The van der Waals surface area contributed by atoms with Crippen LogP contribution in [0.5, 0.6) is 0 Å². The third-order valence-corrected chi connectivity index (χ3v) is 2.96. The third kappa shape index (κ3) is 0.992. The van der Waals surface area contributed by atoms with Gasteiger partial charge in [0.2, 0.25) is 0 Å². The minimum atomic E-state index is -0.860. The van der Waals surface area contributed by atoms with E-state index in [1.54, 1.807) is 6.92 Å². The largest absolute Gasteiger partial charge is 0.393 e. The Bertz CT molecular complexity index is 184. The molecule has 70 valence electrons. The fourth-order valence-corrected chi connectivity index (χ4v) is 2.06. The zero-order valence-corrected chi connectivity index (χ0v) is 6.92. The van der Waals surface area contributed by atoms with Crippen LogP contribution in [0.15, 0.2) is 0 Å². The van der Waals surface area contributed by atoms with Crippen LogP contribution in [0, 0.1) is 5.92 Å². The Balaban J connectivity index is 2.08. The highest BCUT2D eigenvalue weighted by molar-refractivity contribution is 5.01. The second-order valence-electron chi connectivity index (χ2n) is 3.74. The van der Waals surface area contributed by atoms with Crippen molar-refractivity contribution in [1.29, 1.82) is 0 Å². The van der Waals surface area contributed by atoms with Crippen LogP contribution in [0.25, 0.3) is 0 Å². The van der Waals surface area contributed by atoms with E-state index >= 15 is 0 Å². The standard InChI is InChI=1S/C8H14O4/c1-3-7(10)8(11)6-4(9)2-5(6)12-3/h3-11H,2H2,1H3. The number of fused-ring (bicyclic) bond motifs is 1. The van der Waals surface area contributed by atoms with Crippen molar-refractivity contribution in [2.45, 2.75) is 43.9 Å². The van der Waals surface area contributed by atoms with E-state index in [1.807, 2.05) is 0 Å². The van der Waals surface area contributed by atoms with Gasteiger partial charge in [-0.05, 0) is 6.92 Å². The molecule has 1 saturated heterocycles. The summed E-state index contributed by atoms with van der Waals surface area (Å²) in [5.41, 5.74) is 0. The number of hydrogen-bond acceptors (Lipinski definition) is 4. The maximum Gasteiger partial charge on any atom is 0.106 e. The first-order chi connectivity index (χ1) is 5.61. The maximum absolute atomic E-state index is 9.52. The maximum atomic E-state index is 9.52. The van der Waals surface area contributed by atoms with Crippen LogP contribution in [-0.4, -0.2) is 45.8 Å². The van der Waals surface area contributed by atoms with E-state index < -0.39 is 18.3 Å². The van der Waals surface area contributed by atoms with Crippen molar-refractivity contribution < 1.29 is 20.1 Å². The fourth-order valence-electron chi connectivity index (χ4n) is 2.06. The predicted octanol–water partition coefficient (Wildman–Crippen LogP) is -1.12. The molecule has 4 nitrogen and oxygen atoms in total. The van der Waals surface area contributed by atoms with Crippen molar-refractivity contribution in [2.75, 3.05) is 0 Å². The highest BCUT2D eigenvalue weighted by Crippen LogP contribution is 2.39. The van der Waals surface area contributed by atoms with Crippen LogP contribution in [-0.2, 0) is 4.74 Å². The van der Waals surface area contributed by atoms with Crippen LogP contribution in [0.3, 0.4) is 0 Å². The van der Waals surface area contributed by atoms with Gasteiger partial charge in [-0.3, -0.25) is 0 Å². The van der Waals surface area contributed by atoms with Crippen LogP contribution in [0.2, 0.25) is 0 Å². The molecule has 3 N–H and O–H groups in total. The molecule has 6 unspecified atom stereocenters. The first-order valence-corrected chi connectivity index (χ1v) is 4.31. The quantitative estimate of drug-likeness (QED) is 0.435. The van der Waals surface area contributed by atoms with Crippen molar-refractivity contribution in [3.63, 3.8) is 0 Å². The monoisotopic (exact) mass is 174 g/mol. The summed E-state index contributed by atoms with van der Waals surface area (Å²) in [6.07, 6.45) is -2.00. The van der Waals surface area contributed by atoms with Crippen molar-refractivity contribution in [1.82, 2.24) is 0 Å². The Kier molecular flexibility index (Phi) is 1.88. The number of hydrogen-bond donors (Lipinski definition) is 3. The zero-order chi connectivity index (χ0) is 8.88. The molecule has 4 heteroatoms. The lowest BCUT2D eigenvalue weighted by molar-refractivity contribution is -0.260. The summed E-state index contributed by atoms with van der Waals surface area (Å²) in [7, 11) is 0. The zero-order valence-electron chi connectivity index (χ0n) is 6.92. The molecule has 0 aromatic rings. The van der Waals surface area contributed by atoms with Crippen LogP contribution in [0.4, 0.5) is 0 Å². The van der Waals surface area contributed by atoms with Crippen molar-refractivity contribution in [3.8, 4) is 0 Å². The number of ether oxygens (including phenoxy) is 1. The Labute approximate surface area is 70.8 Å². The molecular formula is C8H14O4. The van der Waals surface area contributed by atoms with E-state index in [2.05, 4.69) is 0 Å². The molecule has 1 aliphatic carbocycles. The summed E-state index contributed by atoms with van der Waals surface area (Å²) in [4.78, 5) is 0. The smallest absolute Gasteiger partial charge is 0.106 e. The Morgan fingerprint density at radius 3 is 2.42 bits per heavy atom. The molecule has 6 atom stereocenters. The number of aliphatic hydroxyl groups is 3. The average molecular weight is 174 g/mol. The van der Waals surface area contributed by atoms with Crippen molar-refractivity contribution >= 4 is 0 Å². The molecule has 0 bridgehead atoms. The van der Waals surface area contributed by atoms with Gasteiger partial charge in [0, 0.05) is 12.3 Å². The van der Waals surface area contributed by atoms with Gasteiger partial charge < -0.3 is 20.1 Å². The average Bonchev–Trinajstić information content (AvgIpc) is 1.99. The van der Waals surface area contributed by atoms with Crippen molar-refractivity contribution in [2.24, 2.45) is 5.92 Å². The topological polar surface area (TPSA) is 69.9 Å². The Hall–Kier alpha value is -0.160. The molecule has 0 aromatic heterocycles. The van der Waals surface area contributed by atoms with E-state index in [4.69, 9.17) is 4.74 Å². The summed E-state index contributed by atoms with van der Waals surface area (Å²) in [5.74, 6) is -0.281. The van der Waals surface area contributed by atoms with Gasteiger partial charge in [0.15, 0.2) is 0 Å². The van der Waals surface area contributed by atoms with Gasteiger partial charge in [0.05, 0.1) is 24.4 Å². The molecule has 2 fully saturated rings. The van der Waals surface area contributed by atoms with Crippen LogP contribution >= 0.6 is 0 Å². The second-order valence-corrected chi connectivity index (χ2v) is 3.74. The first kappa shape index (κ1) is 8.44. The summed E-state index contributed by atoms with van der Waals surface area (Å²) < 4.78 is 5.37. The highest BCUT2D eigenvalue weighted by Gasteiger charge is 2.52. The highest BCUT2D eigenvalue weighted by atomic mass is 16.5. The molecule has 1 heterocycles. The molecule has 0 aromatic carbocycles. The summed E-state index contributed by atoms with van der Waals surface area (Å²) in [6, 6.07) is 0. The lowest BCUT2D eigenvalue weighted by atomic mass is 9.71. The minimum Gasteiger partial charge on any atom is -0.393 e. The third-order valence-electron chi connectivity index (χ3n) is 2.96. The molecule has 12 heavy (non-hydrogen) atoms. The second kappa shape index (κ2) is 2.67. The SMILES string of the molecule is CC1OC2CC(O)C2C(O)C1O. The van der Waals surface area contributed by atoms with E-state index in [0.29, 0.717) is 6.42 Å². The van der Waals surface area contributed by atoms with Crippen LogP contribution in [0.1, 0.15) is 13.3 Å². The van der Waals surface area contributed by atoms with Crippen molar-refractivity contribution in [3.05, 3.63) is 0 Å². The molecule has 2 aliphatic rings. The molecule has 0 amide bonds. The van der Waals surface area contributed by atoms with Gasteiger partial charge in [-0.2, -0.15) is 0 Å².